The van der Waals surface area contributed by atoms with Crippen molar-refractivity contribution in [2.24, 2.45) is 7.05 Å². The first-order chi connectivity index (χ1) is 8.45. The third-order valence-corrected chi connectivity index (χ3v) is 3.75. The molecule has 2 rings (SSSR count). The summed E-state index contributed by atoms with van der Waals surface area (Å²) in [4.78, 5) is 0. The van der Waals surface area contributed by atoms with Gasteiger partial charge in [0.2, 0.25) is 0 Å². The lowest BCUT2D eigenvalue weighted by Gasteiger charge is -2.10. The fraction of sp³-hybridized carbons (Fsp3) is 0.308. The zero-order valence-electron chi connectivity index (χ0n) is 10.9. The van der Waals surface area contributed by atoms with E-state index in [2.05, 4.69) is 33.2 Å². The summed E-state index contributed by atoms with van der Waals surface area (Å²) in [6.45, 7) is 4.05. The van der Waals surface area contributed by atoms with Crippen LogP contribution in [0.4, 0.5) is 5.82 Å². The molecule has 0 amide bonds. The smallest absolute Gasteiger partial charge is 0.136 e. The van der Waals surface area contributed by atoms with E-state index in [1.165, 1.54) is 0 Å². The Bertz CT molecular complexity index is 582. The minimum absolute atomic E-state index is 0.621. The molecule has 0 aliphatic heterocycles. The fourth-order valence-corrected chi connectivity index (χ4v) is 2.67. The number of nitrogens with two attached hydrogens (primary N) is 1. The highest BCUT2D eigenvalue weighted by Gasteiger charge is 2.15. The number of benzene rings is 1. The molecule has 1 aromatic carbocycles. The first-order valence-corrected chi connectivity index (χ1v) is 6.38. The van der Waals surface area contributed by atoms with Crippen LogP contribution in [0.1, 0.15) is 11.1 Å². The van der Waals surface area contributed by atoms with Crippen LogP contribution in [0.15, 0.2) is 16.6 Å². The third kappa shape index (κ3) is 1.99. The standard InChI is InChI=1S/C13H16BrN3O/c1-7-5-9(6-8(2)12(7)18-4)11-10(14)13(15)17(3)16-11/h5-6H,15H2,1-4H3. The summed E-state index contributed by atoms with van der Waals surface area (Å²) in [5.74, 6) is 1.54. The molecule has 4 nitrogen and oxygen atoms in total. The second-order valence-corrected chi connectivity index (χ2v) is 5.11. The number of nitrogen functional groups attached to an aromatic ring is 1. The van der Waals surface area contributed by atoms with Crippen LogP contribution in [0, 0.1) is 13.8 Å². The maximum absolute atomic E-state index is 5.90. The predicted molar refractivity (Wildman–Crippen MR) is 76.8 cm³/mol. The molecule has 0 saturated heterocycles. The molecule has 0 radical (unpaired) electrons. The van der Waals surface area contributed by atoms with Gasteiger partial charge in [0, 0.05) is 12.6 Å². The Kier molecular flexibility index (Phi) is 3.34. The average Bonchev–Trinajstić information content (AvgIpc) is 2.56. The van der Waals surface area contributed by atoms with E-state index in [0.29, 0.717) is 5.82 Å². The van der Waals surface area contributed by atoms with Crippen molar-refractivity contribution in [3.05, 3.63) is 27.7 Å². The Labute approximate surface area is 115 Å². The van der Waals surface area contributed by atoms with Crippen LogP contribution in [0.3, 0.4) is 0 Å². The number of halogens is 1. The number of hydrogen-bond donors (Lipinski definition) is 1. The lowest BCUT2D eigenvalue weighted by Crippen LogP contribution is -1.97. The van der Waals surface area contributed by atoms with Crippen LogP contribution in [0.2, 0.25) is 0 Å². The van der Waals surface area contributed by atoms with Crippen molar-refractivity contribution in [3.8, 4) is 17.0 Å². The van der Waals surface area contributed by atoms with E-state index in [9.17, 15) is 0 Å². The fourth-order valence-electron chi connectivity index (χ4n) is 2.10. The molecule has 0 aliphatic carbocycles. The molecule has 0 aliphatic rings. The highest BCUT2D eigenvalue weighted by Crippen LogP contribution is 2.35. The molecule has 2 aromatic rings. The number of nitrogens with zero attached hydrogens (tertiary/aromatic N) is 2. The van der Waals surface area contributed by atoms with Gasteiger partial charge in [0.15, 0.2) is 0 Å². The van der Waals surface area contributed by atoms with Gasteiger partial charge in [-0.2, -0.15) is 5.10 Å². The highest BCUT2D eigenvalue weighted by molar-refractivity contribution is 9.10. The minimum atomic E-state index is 0.621. The van der Waals surface area contributed by atoms with Crippen molar-refractivity contribution in [1.29, 1.82) is 0 Å². The van der Waals surface area contributed by atoms with Gasteiger partial charge < -0.3 is 10.5 Å². The second kappa shape index (κ2) is 4.65. The van der Waals surface area contributed by atoms with Gasteiger partial charge in [-0.1, -0.05) is 0 Å². The first-order valence-electron chi connectivity index (χ1n) is 5.59. The van der Waals surface area contributed by atoms with Gasteiger partial charge >= 0.3 is 0 Å². The summed E-state index contributed by atoms with van der Waals surface area (Å²) >= 11 is 3.48. The van der Waals surface area contributed by atoms with Crippen LogP contribution < -0.4 is 10.5 Å². The summed E-state index contributed by atoms with van der Waals surface area (Å²) in [7, 11) is 3.51. The molecule has 5 heteroatoms. The molecule has 0 atom stereocenters. The van der Waals surface area contributed by atoms with Gasteiger partial charge in [-0.25, -0.2) is 0 Å². The van der Waals surface area contributed by atoms with Crippen molar-refractivity contribution in [1.82, 2.24) is 9.78 Å². The number of anilines is 1. The largest absolute Gasteiger partial charge is 0.496 e. The van der Waals surface area contributed by atoms with E-state index < -0.39 is 0 Å². The van der Waals surface area contributed by atoms with Gasteiger partial charge in [0.1, 0.15) is 17.3 Å². The molecule has 0 spiro atoms. The topological polar surface area (TPSA) is 53.1 Å². The Morgan fingerprint density at radius 1 is 1.28 bits per heavy atom. The molecule has 1 heterocycles. The van der Waals surface area contributed by atoms with Crippen molar-refractivity contribution in [2.45, 2.75) is 13.8 Å². The van der Waals surface area contributed by atoms with Crippen molar-refractivity contribution < 1.29 is 4.74 Å². The summed E-state index contributed by atoms with van der Waals surface area (Å²) in [6, 6.07) is 4.11. The molecular weight excluding hydrogens is 294 g/mol. The monoisotopic (exact) mass is 309 g/mol. The Morgan fingerprint density at radius 3 is 2.22 bits per heavy atom. The Balaban J connectivity index is 2.62. The predicted octanol–water partition coefficient (Wildman–Crippen LogP) is 3.06. The number of methoxy groups -OCH3 is 1. The van der Waals surface area contributed by atoms with E-state index in [-0.39, 0.29) is 0 Å². The molecule has 1 aromatic heterocycles. The normalized spacial score (nSPS) is 10.7. The Morgan fingerprint density at radius 2 is 1.83 bits per heavy atom. The molecule has 0 saturated carbocycles. The van der Waals surface area contributed by atoms with Gasteiger partial charge in [0.05, 0.1) is 11.6 Å². The maximum Gasteiger partial charge on any atom is 0.136 e. The zero-order chi connectivity index (χ0) is 13.4. The van der Waals surface area contributed by atoms with Crippen LogP contribution in [-0.2, 0) is 7.05 Å². The second-order valence-electron chi connectivity index (χ2n) is 4.31. The zero-order valence-corrected chi connectivity index (χ0v) is 12.5. The third-order valence-electron chi connectivity index (χ3n) is 2.97. The van der Waals surface area contributed by atoms with Crippen molar-refractivity contribution >= 4 is 21.7 Å². The van der Waals surface area contributed by atoms with Gasteiger partial charge in [-0.05, 0) is 53.0 Å². The van der Waals surface area contributed by atoms with Crippen molar-refractivity contribution in [2.75, 3.05) is 12.8 Å². The summed E-state index contributed by atoms with van der Waals surface area (Å²) < 4.78 is 7.85. The van der Waals surface area contributed by atoms with E-state index in [1.807, 2.05) is 20.9 Å². The van der Waals surface area contributed by atoms with Crippen LogP contribution in [0.5, 0.6) is 5.75 Å². The first kappa shape index (κ1) is 13.0. The molecule has 0 unspecified atom stereocenters. The molecule has 0 bridgehead atoms. The molecule has 0 fully saturated rings. The Hall–Kier alpha value is -1.49. The quantitative estimate of drug-likeness (QED) is 0.927. The lowest BCUT2D eigenvalue weighted by atomic mass is 10.0. The summed E-state index contributed by atoms with van der Waals surface area (Å²) in [6.07, 6.45) is 0. The number of aromatic nitrogens is 2. The minimum Gasteiger partial charge on any atom is -0.496 e. The van der Waals surface area contributed by atoms with Crippen molar-refractivity contribution in [3.63, 3.8) is 0 Å². The summed E-state index contributed by atoms with van der Waals surface area (Å²) in [5.41, 5.74) is 9.96. The van der Waals surface area contributed by atoms with E-state index in [1.54, 1.807) is 11.8 Å². The lowest BCUT2D eigenvalue weighted by molar-refractivity contribution is 0.408. The number of hydrogen-bond acceptors (Lipinski definition) is 3. The van der Waals surface area contributed by atoms with Gasteiger partial charge in [0.25, 0.3) is 0 Å². The molecule has 96 valence electrons. The van der Waals surface area contributed by atoms with E-state index >= 15 is 0 Å². The number of aryl methyl sites for hydroxylation is 3. The number of ether oxygens (including phenoxy) is 1. The van der Waals surface area contributed by atoms with E-state index in [0.717, 1.165) is 32.6 Å². The van der Waals surface area contributed by atoms with E-state index in [4.69, 9.17) is 10.5 Å². The molecule has 18 heavy (non-hydrogen) atoms. The average molecular weight is 310 g/mol. The van der Waals surface area contributed by atoms with Crippen LogP contribution in [0.25, 0.3) is 11.3 Å². The van der Waals surface area contributed by atoms with Crippen LogP contribution in [-0.4, -0.2) is 16.9 Å². The van der Waals surface area contributed by atoms with Crippen LogP contribution >= 0.6 is 15.9 Å². The SMILES string of the molecule is COc1c(C)cc(-c2nn(C)c(N)c2Br)cc1C. The highest BCUT2D eigenvalue weighted by atomic mass is 79.9. The molecular formula is C13H16BrN3O. The molecule has 2 N–H and O–H groups in total. The maximum atomic E-state index is 5.90. The number of rotatable bonds is 2. The summed E-state index contributed by atoms with van der Waals surface area (Å²) in [5, 5.41) is 4.42. The van der Waals surface area contributed by atoms with Gasteiger partial charge in [-0.15, -0.1) is 0 Å². The van der Waals surface area contributed by atoms with Gasteiger partial charge in [-0.3, -0.25) is 4.68 Å².